The van der Waals surface area contributed by atoms with E-state index < -0.39 is 54.5 Å². The standard InChI is InChI=1S/C14H19N3O7/c1-6(19)17-10-7(13-15-2-3-16-13)4-9(14(22)23)24-12(10)11(21)8(20)5-18/h2-4,7-8,10-12,18,20-21H,5H2,1H3,(H,15,16)(H,17,19)(H,22,23)/t7?,8-,10-,11-,12?/m1/s1. The molecular formula is C14H19N3O7. The molecule has 2 rings (SSSR count). The van der Waals surface area contributed by atoms with Crippen LogP contribution in [0.1, 0.15) is 18.7 Å². The van der Waals surface area contributed by atoms with E-state index in [-0.39, 0.29) is 0 Å². The molecule has 2 heterocycles. The molecule has 0 radical (unpaired) electrons. The Hall–Kier alpha value is -2.43. The van der Waals surface area contributed by atoms with Gasteiger partial charge in [-0.1, -0.05) is 0 Å². The fraction of sp³-hybridized carbons (Fsp3) is 0.500. The summed E-state index contributed by atoms with van der Waals surface area (Å²) in [6, 6.07) is -0.909. The highest BCUT2D eigenvalue weighted by molar-refractivity contribution is 5.85. The molecule has 1 aliphatic heterocycles. The van der Waals surface area contributed by atoms with Crippen molar-refractivity contribution in [2.75, 3.05) is 6.61 Å². The zero-order valence-corrected chi connectivity index (χ0v) is 12.8. The zero-order chi connectivity index (χ0) is 17.9. The molecule has 0 aliphatic carbocycles. The minimum Gasteiger partial charge on any atom is -0.478 e. The minimum absolute atomic E-state index is 0.353. The van der Waals surface area contributed by atoms with Crippen LogP contribution in [0.15, 0.2) is 24.2 Å². The molecule has 132 valence electrons. The third-order valence-corrected chi connectivity index (χ3v) is 3.67. The number of nitrogens with zero attached hydrogens (tertiary/aromatic N) is 1. The highest BCUT2D eigenvalue weighted by Gasteiger charge is 2.44. The first-order valence-electron chi connectivity index (χ1n) is 7.20. The van der Waals surface area contributed by atoms with Gasteiger partial charge in [-0.2, -0.15) is 0 Å². The molecule has 2 unspecified atom stereocenters. The topological polar surface area (TPSA) is 165 Å². The number of aliphatic hydroxyl groups excluding tert-OH is 3. The number of rotatable bonds is 6. The Morgan fingerprint density at radius 1 is 1.46 bits per heavy atom. The van der Waals surface area contributed by atoms with Crippen LogP contribution in [0.5, 0.6) is 0 Å². The van der Waals surface area contributed by atoms with Crippen LogP contribution in [-0.4, -0.2) is 73.2 Å². The van der Waals surface area contributed by atoms with Gasteiger partial charge in [0.15, 0.2) is 0 Å². The number of amides is 1. The Morgan fingerprint density at radius 2 is 2.17 bits per heavy atom. The summed E-state index contributed by atoms with van der Waals surface area (Å²) in [6.07, 6.45) is -0.266. The first-order valence-corrected chi connectivity index (χ1v) is 7.20. The maximum absolute atomic E-state index is 11.5. The molecule has 1 aliphatic rings. The SMILES string of the molecule is CC(=O)N[C@@H]1C(c2ncc[nH]2)C=C(C(=O)O)OC1[C@H](O)[C@H](O)CO. The molecule has 10 heteroatoms. The van der Waals surface area contributed by atoms with Crippen LogP contribution in [-0.2, 0) is 14.3 Å². The van der Waals surface area contributed by atoms with Crippen molar-refractivity contribution in [3.05, 3.63) is 30.1 Å². The summed E-state index contributed by atoms with van der Waals surface area (Å²) in [5.74, 6) is -2.65. The molecule has 0 aromatic carbocycles. The smallest absolute Gasteiger partial charge is 0.370 e. The number of carboxylic acid groups (broad SMARTS) is 1. The highest BCUT2D eigenvalue weighted by Crippen LogP contribution is 2.32. The third kappa shape index (κ3) is 3.72. The molecule has 0 spiro atoms. The molecule has 10 nitrogen and oxygen atoms in total. The zero-order valence-electron chi connectivity index (χ0n) is 12.8. The average molecular weight is 341 g/mol. The minimum atomic E-state index is -1.63. The lowest BCUT2D eigenvalue weighted by Gasteiger charge is -2.39. The molecule has 1 aromatic rings. The lowest BCUT2D eigenvalue weighted by Crippen LogP contribution is -2.57. The summed E-state index contributed by atoms with van der Waals surface area (Å²) >= 11 is 0. The molecule has 1 aromatic heterocycles. The quantitative estimate of drug-likeness (QED) is 0.348. The molecule has 5 atom stereocenters. The van der Waals surface area contributed by atoms with E-state index in [0.717, 1.165) is 0 Å². The number of hydrogen-bond acceptors (Lipinski definition) is 7. The second-order valence-corrected chi connectivity index (χ2v) is 5.39. The Labute approximate surface area is 136 Å². The van der Waals surface area contributed by atoms with Crippen molar-refractivity contribution in [3.63, 3.8) is 0 Å². The monoisotopic (exact) mass is 341 g/mol. The molecule has 1 amide bonds. The van der Waals surface area contributed by atoms with E-state index in [2.05, 4.69) is 15.3 Å². The number of carbonyl (C=O) groups is 2. The van der Waals surface area contributed by atoms with Gasteiger partial charge in [0.05, 0.1) is 18.6 Å². The second-order valence-electron chi connectivity index (χ2n) is 5.39. The van der Waals surface area contributed by atoms with Crippen molar-refractivity contribution in [2.24, 2.45) is 0 Å². The summed E-state index contributed by atoms with van der Waals surface area (Å²) in [5, 5.41) is 40.7. The van der Waals surface area contributed by atoms with Gasteiger partial charge >= 0.3 is 5.97 Å². The van der Waals surface area contributed by atoms with Crippen LogP contribution in [0.4, 0.5) is 0 Å². The normalized spacial score (nSPS) is 26.0. The molecule has 0 fully saturated rings. The van der Waals surface area contributed by atoms with Gasteiger partial charge in [0.2, 0.25) is 11.7 Å². The molecule has 24 heavy (non-hydrogen) atoms. The van der Waals surface area contributed by atoms with Gasteiger partial charge < -0.3 is 35.5 Å². The van der Waals surface area contributed by atoms with Crippen molar-refractivity contribution in [2.45, 2.75) is 37.2 Å². The number of nitrogens with one attached hydrogen (secondary N) is 2. The van der Waals surface area contributed by atoms with Gasteiger partial charge in [0.1, 0.15) is 24.1 Å². The summed E-state index contributed by atoms with van der Waals surface area (Å²) in [7, 11) is 0. The van der Waals surface area contributed by atoms with Crippen LogP contribution in [0.3, 0.4) is 0 Å². The average Bonchev–Trinajstić information content (AvgIpc) is 3.07. The molecule has 0 bridgehead atoms. The van der Waals surface area contributed by atoms with E-state index in [4.69, 9.17) is 9.84 Å². The lowest BCUT2D eigenvalue weighted by molar-refractivity contribution is -0.146. The van der Waals surface area contributed by atoms with Crippen LogP contribution in [0.2, 0.25) is 0 Å². The van der Waals surface area contributed by atoms with Crippen LogP contribution >= 0.6 is 0 Å². The second kappa shape index (κ2) is 7.43. The summed E-state index contributed by atoms with van der Waals surface area (Å²) in [5.41, 5.74) is 0. The van der Waals surface area contributed by atoms with Gasteiger partial charge in [-0.05, 0) is 6.08 Å². The predicted molar refractivity (Wildman–Crippen MR) is 78.6 cm³/mol. The molecular weight excluding hydrogens is 322 g/mol. The third-order valence-electron chi connectivity index (χ3n) is 3.67. The van der Waals surface area contributed by atoms with Gasteiger partial charge in [-0.15, -0.1) is 0 Å². The number of hydrogen-bond donors (Lipinski definition) is 6. The van der Waals surface area contributed by atoms with Crippen molar-refractivity contribution < 1.29 is 34.8 Å². The highest BCUT2D eigenvalue weighted by atomic mass is 16.5. The number of ether oxygens (including phenoxy) is 1. The first-order chi connectivity index (χ1) is 11.3. The molecule has 0 saturated heterocycles. The number of aromatic nitrogens is 2. The first kappa shape index (κ1) is 17.9. The number of imidazole rings is 1. The van der Waals surface area contributed by atoms with Gasteiger partial charge in [0, 0.05) is 19.3 Å². The van der Waals surface area contributed by atoms with Gasteiger partial charge in [-0.3, -0.25) is 4.79 Å². The number of aliphatic carboxylic acids is 1. The molecule has 6 N–H and O–H groups in total. The van der Waals surface area contributed by atoms with Gasteiger partial charge in [0.25, 0.3) is 0 Å². The summed E-state index contributed by atoms with van der Waals surface area (Å²) in [4.78, 5) is 29.7. The van der Waals surface area contributed by atoms with Crippen LogP contribution in [0, 0.1) is 0 Å². The van der Waals surface area contributed by atoms with E-state index in [1.165, 1.54) is 25.4 Å². The van der Waals surface area contributed by atoms with E-state index in [1.807, 2.05) is 0 Å². The molecule has 0 saturated carbocycles. The fourth-order valence-corrected chi connectivity index (χ4v) is 2.58. The van der Waals surface area contributed by atoms with E-state index in [9.17, 15) is 24.9 Å². The fourth-order valence-electron chi connectivity index (χ4n) is 2.58. The largest absolute Gasteiger partial charge is 0.478 e. The van der Waals surface area contributed by atoms with Crippen LogP contribution < -0.4 is 5.32 Å². The van der Waals surface area contributed by atoms with Gasteiger partial charge in [-0.25, -0.2) is 9.78 Å². The maximum Gasteiger partial charge on any atom is 0.370 e. The number of carbonyl (C=O) groups excluding carboxylic acids is 1. The Morgan fingerprint density at radius 3 is 2.67 bits per heavy atom. The number of aliphatic hydroxyl groups is 3. The number of aromatic amines is 1. The van der Waals surface area contributed by atoms with Crippen molar-refractivity contribution in [1.82, 2.24) is 15.3 Å². The van der Waals surface area contributed by atoms with E-state index >= 15 is 0 Å². The van der Waals surface area contributed by atoms with E-state index in [1.54, 1.807) is 0 Å². The van der Waals surface area contributed by atoms with Crippen molar-refractivity contribution >= 4 is 11.9 Å². The Bertz CT molecular complexity index is 616. The maximum atomic E-state index is 11.5. The predicted octanol–water partition coefficient (Wildman–Crippen LogP) is -1.92. The summed E-state index contributed by atoms with van der Waals surface area (Å²) in [6.45, 7) is 0.493. The number of carboxylic acids is 1. The van der Waals surface area contributed by atoms with E-state index in [0.29, 0.717) is 5.82 Å². The lowest BCUT2D eigenvalue weighted by atomic mass is 9.86. The van der Waals surface area contributed by atoms with Crippen molar-refractivity contribution in [1.29, 1.82) is 0 Å². The Kier molecular flexibility index (Phi) is 5.54. The number of H-pyrrole nitrogens is 1. The Balaban J connectivity index is 2.45. The van der Waals surface area contributed by atoms with Crippen LogP contribution in [0.25, 0.3) is 0 Å². The van der Waals surface area contributed by atoms with Crippen molar-refractivity contribution in [3.8, 4) is 0 Å². The summed E-state index contributed by atoms with van der Waals surface area (Å²) < 4.78 is 5.26.